The van der Waals surface area contributed by atoms with E-state index in [1.807, 2.05) is 0 Å². The average molecular weight is 178 g/mol. The Bertz CT molecular complexity index is 263. The Morgan fingerprint density at radius 2 is 1.85 bits per heavy atom. The molecule has 0 bridgehead atoms. The summed E-state index contributed by atoms with van der Waals surface area (Å²) in [5.41, 5.74) is 2.40. The highest BCUT2D eigenvalue weighted by molar-refractivity contribution is 5.13. The first kappa shape index (κ1) is 8.79. The normalized spacial score (nSPS) is 19.2. The molecule has 0 spiro atoms. The van der Waals surface area contributed by atoms with E-state index in [1.54, 1.807) is 0 Å². The lowest BCUT2D eigenvalue weighted by molar-refractivity contribution is 0.430. The predicted molar refractivity (Wildman–Crippen MR) is 53.9 cm³/mol. The highest BCUT2D eigenvalue weighted by Gasteiger charge is 2.18. The molecule has 1 fully saturated rings. The largest absolute Gasteiger partial charge is 0.346 e. The lowest BCUT2D eigenvalue weighted by atomic mass is 9.89. The number of imidazole rings is 1. The van der Waals surface area contributed by atoms with Crippen LogP contribution in [-0.4, -0.2) is 9.97 Å². The Hall–Kier alpha value is -0.790. The van der Waals surface area contributed by atoms with Gasteiger partial charge in [0.15, 0.2) is 0 Å². The van der Waals surface area contributed by atoms with Crippen LogP contribution in [0.3, 0.4) is 0 Å². The molecule has 0 radical (unpaired) electrons. The molecule has 2 heteroatoms. The van der Waals surface area contributed by atoms with E-state index >= 15 is 0 Å². The van der Waals surface area contributed by atoms with Gasteiger partial charge in [-0.1, -0.05) is 19.3 Å². The first-order valence-electron chi connectivity index (χ1n) is 5.30. The number of aromatic nitrogens is 2. The van der Waals surface area contributed by atoms with Gasteiger partial charge in [-0.3, -0.25) is 0 Å². The minimum atomic E-state index is 0.709. The third-order valence-electron chi connectivity index (χ3n) is 3.14. The maximum Gasteiger partial charge on any atom is 0.109 e. The SMILES string of the molecule is Cc1nc(C2CCCCC2)[nH]c1C. The van der Waals surface area contributed by atoms with Gasteiger partial charge >= 0.3 is 0 Å². The lowest BCUT2D eigenvalue weighted by Gasteiger charge is -2.19. The highest BCUT2D eigenvalue weighted by Crippen LogP contribution is 2.31. The molecule has 0 unspecified atom stereocenters. The van der Waals surface area contributed by atoms with E-state index in [0.29, 0.717) is 5.92 Å². The molecule has 0 aromatic carbocycles. The van der Waals surface area contributed by atoms with E-state index in [1.165, 1.54) is 49.3 Å². The van der Waals surface area contributed by atoms with Gasteiger partial charge in [0.25, 0.3) is 0 Å². The van der Waals surface area contributed by atoms with E-state index in [4.69, 9.17) is 0 Å². The highest BCUT2D eigenvalue weighted by atomic mass is 14.9. The number of hydrogen-bond donors (Lipinski definition) is 1. The number of nitrogens with zero attached hydrogens (tertiary/aromatic N) is 1. The zero-order valence-electron chi connectivity index (χ0n) is 8.56. The maximum atomic E-state index is 4.58. The van der Waals surface area contributed by atoms with Crippen molar-refractivity contribution >= 4 is 0 Å². The van der Waals surface area contributed by atoms with Gasteiger partial charge in [0.2, 0.25) is 0 Å². The monoisotopic (exact) mass is 178 g/mol. The van der Waals surface area contributed by atoms with Gasteiger partial charge in [0.05, 0.1) is 5.69 Å². The van der Waals surface area contributed by atoms with Crippen molar-refractivity contribution in [2.24, 2.45) is 0 Å². The predicted octanol–water partition coefficient (Wildman–Crippen LogP) is 3.07. The van der Waals surface area contributed by atoms with Gasteiger partial charge < -0.3 is 4.98 Å². The Morgan fingerprint density at radius 1 is 1.15 bits per heavy atom. The van der Waals surface area contributed by atoms with Crippen LogP contribution in [0.5, 0.6) is 0 Å². The molecule has 0 amide bonds. The summed E-state index contributed by atoms with van der Waals surface area (Å²) in [5, 5.41) is 0. The van der Waals surface area contributed by atoms with Crippen LogP contribution in [0.15, 0.2) is 0 Å². The summed E-state index contributed by atoms with van der Waals surface area (Å²) < 4.78 is 0. The summed E-state index contributed by atoms with van der Waals surface area (Å²) in [5.74, 6) is 1.94. The van der Waals surface area contributed by atoms with Gasteiger partial charge in [-0.05, 0) is 26.7 Å². The van der Waals surface area contributed by atoms with Crippen LogP contribution in [0.2, 0.25) is 0 Å². The Balaban J connectivity index is 2.14. The fourth-order valence-electron chi connectivity index (χ4n) is 2.14. The van der Waals surface area contributed by atoms with Crippen molar-refractivity contribution < 1.29 is 0 Å². The van der Waals surface area contributed by atoms with Crippen molar-refractivity contribution in [1.29, 1.82) is 0 Å². The van der Waals surface area contributed by atoms with E-state index in [0.717, 1.165) is 0 Å². The van der Waals surface area contributed by atoms with Crippen molar-refractivity contribution in [3.8, 4) is 0 Å². The first-order valence-corrected chi connectivity index (χ1v) is 5.30. The van der Waals surface area contributed by atoms with Crippen LogP contribution in [0.25, 0.3) is 0 Å². The molecule has 0 saturated heterocycles. The summed E-state index contributed by atoms with van der Waals surface area (Å²) in [6, 6.07) is 0. The van der Waals surface area contributed by atoms with Crippen LogP contribution in [0, 0.1) is 13.8 Å². The molecular weight excluding hydrogens is 160 g/mol. The molecule has 13 heavy (non-hydrogen) atoms. The second-order valence-electron chi connectivity index (χ2n) is 4.17. The maximum absolute atomic E-state index is 4.58. The standard InChI is InChI=1S/C11H18N2/c1-8-9(2)13-11(12-8)10-6-4-3-5-7-10/h10H,3-7H2,1-2H3,(H,12,13). The van der Waals surface area contributed by atoms with Gasteiger partial charge in [0, 0.05) is 11.6 Å². The minimum Gasteiger partial charge on any atom is -0.346 e. The number of aryl methyl sites for hydroxylation is 2. The molecule has 2 nitrogen and oxygen atoms in total. The molecular formula is C11H18N2. The second kappa shape index (κ2) is 3.52. The molecule has 2 rings (SSSR count). The van der Waals surface area contributed by atoms with Crippen molar-refractivity contribution in [2.75, 3.05) is 0 Å². The Morgan fingerprint density at radius 3 is 2.38 bits per heavy atom. The smallest absolute Gasteiger partial charge is 0.109 e. The summed E-state index contributed by atoms with van der Waals surface area (Å²) in [6.07, 6.45) is 6.82. The first-order chi connectivity index (χ1) is 6.27. The molecule has 1 aliphatic rings. The van der Waals surface area contributed by atoms with Gasteiger partial charge in [0.1, 0.15) is 5.82 Å². The van der Waals surface area contributed by atoms with Crippen LogP contribution in [0.4, 0.5) is 0 Å². The van der Waals surface area contributed by atoms with E-state index < -0.39 is 0 Å². The molecule has 1 N–H and O–H groups in total. The molecule has 1 aromatic heterocycles. The zero-order valence-corrected chi connectivity index (χ0v) is 8.56. The van der Waals surface area contributed by atoms with Crippen molar-refractivity contribution in [3.05, 3.63) is 17.2 Å². The van der Waals surface area contributed by atoms with Crippen LogP contribution < -0.4 is 0 Å². The average Bonchev–Trinajstić information content (AvgIpc) is 2.49. The fourth-order valence-corrected chi connectivity index (χ4v) is 2.14. The molecule has 1 aliphatic carbocycles. The molecule has 1 heterocycles. The van der Waals surface area contributed by atoms with Crippen LogP contribution >= 0.6 is 0 Å². The zero-order chi connectivity index (χ0) is 9.26. The number of nitrogens with one attached hydrogen (secondary N) is 1. The van der Waals surface area contributed by atoms with Crippen LogP contribution in [0.1, 0.15) is 55.2 Å². The number of hydrogen-bond acceptors (Lipinski definition) is 1. The number of aromatic amines is 1. The number of rotatable bonds is 1. The molecule has 72 valence electrons. The number of H-pyrrole nitrogens is 1. The molecule has 1 aromatic rings. The third-order valence-corrected chi connectivity index (χ3v) is 3.14. The van der Waals surface area contributed by atoms with Crippen LogP contribution in [-0.2, 0) is 0 Å². The van der Waals surface area contributed by atoms with E-state index in [2.05, 4.69) is 23.8 Å². The van der Waals surface area contributed by atoms with Crippen molar-refractivity contribution in [1.82, 2.24) is 9.97 Å². The summed E-state index contributed by atoms with van der Waals surface area (Å²) in [7, 11) is 0. The molecule has 1 saturated carbocycles. The fraction of sp³-hybridized carbons (Fsp3) is 0.727. The minimum absolute atomic E-state index is 0.709. The lowest BCUT2D eigenvalue weighted by Crippen LogP contribution is -2.06. The molecule has 0 atom stereocenters. The van der Waals surface area contributed by atoms with Crippen molar-refractivity contribution in [3.63, 3.8) is 0 Å². The topological polar surface area (TPSA) is 28.7 Å². The summed E-state index contributed by atoms with van der Waals surface area (Å²) in [6.45, 7) is 4.19. The summed E-state index contributed by atoms with van der Waals surface area (Å²) in [4.78, 5) is 7.98. The quantitative estimate of drug-likeness (QED) is 0.703. The van der Waals surface area contributed by atoms with Gasteiger partial charge in [-0.15, -0.1) is 0 Å². The molecule has 0 aliphatic heterocycles. The van der Waals surface area contributed by atoms with E-state index in [9.17, 15) is 0 Å². The third kappa shape index (κ3) is 1.77. The van der Waals surface area contributed by atoms with Gasteiger partial charge in [-0.25, -0.2) is 4.98 Å². The van der Waals surface area contributed by atoms with E-state index in [-0.39, 0.29) is 0 Å². The van der Waals surface area contributed by atoms with Crippen molar-refractivity contribution in [2.45, 2.75) is 51.9 Å². The Labute approximate surface area is 79.8 Å². The Kier molecular flexibility index (Phi) is 2.38. The van der Waals surface area contributed by atoms with Gasteiger partial charge in [-0.2, -0.15) is 0 Å². The second-order valence-corrected chi connectivity index (χ2v) is 4.17. The summed E-state index contributed by atoms with van der Waals surface area (Å²) >= 11 is 0.